The number of hydrogen-bond donors (Lipinski definition) is 1. The Balaban J connectivity index is 3.27. The van der Waals surface area contributed by atoms with Crippen molar-refractivity contribution in [2.45, 2.75) is 27.2 Å². The molecule has 0 aliphatic carbocycles. The Bertz CT molecular complexity index is 495. The molecule has 0 aromatic carbocycles. The average molecular weight is 258 g/mol. The monoisotopic (exact) mass is 258 g/mol. The van der Waals surface area contributed by atoms with E-state index >= 15 is 0 Å². The third-order valence-electron chi connectivity index (χ3n) is 2.65. The molecule has 1 rings (SSSR count). The molecule has 0 saturated heterocycles. The van der Waals surface area contributed by atoms with Gasteiger partial charge in [-0.05, 0) is 13.8 Å². The summed E-state index contributed by atoms with van der Waals surface area (Å²) in [7, 11) is 0. The molecule has 0 aliphatic heterocycles. The molecule has 0 atom stereocenters. The second-order valence-electron chi connectivity index (χ2n) is 3.99. The van der Waals surface area contributed by atoms with Gasteiger partial charge in [-0.3, -0.25) is 0 Å². The van der Waals surface area contributed by atoms with Crippen molar-refractivity contribution in [2.24, 2.45) is 0 Å². The number of aromatic nitrogens is 2. The van der Waals surface area contributed by atoms with E-state index < -0.39 is 0 Å². The van der Waals surface area contributed by atoms with Crippen LogP contribution in [0.2, 0.25) is 0 Å². The Morgan fingerprint density at radius 2 is 1.79 bits per heavy atom. The summed E-state index contributed by atoms with van der Waals surface area (Å²) in [6.07, 6.45) is 0.707. The van der Waals surface area contributed by atoms with Gasteiger partial charge in [0, 0.05) is 18.5 Å². The Labute approximate surface area is 113 Å². The Kier molecular flexibility index (Phi) is 5.56. The van der Waals surface area contributed by atoms with Gasteiger partial charge >= 0.3 is 0 Å². The highest BCUT2D eigenvalue weighted by atomic mass is 15.2. The van der Waals surface area contributed by atoms with E-state index in [1.807, 2.05) is 20.8 Å². The van der Waals surface area contributed by atoms with Crippen molar-refractivity contribution < 1.29 is 0 Å². The summed E-state index contributed by atoms with van der Waals surface area (Å²) in [5, 5.41) is 20.9. The third kappa shape index (κ3) is 3.56. The fourth-order valence-electron chi connectivity index (χ4n) is 1.73. The minimum atomic E-state index is 0.139. The first kappa shape index (κ1) is 14.7. The normalized spacial score (nSPS) is 9.53. The van der Waals surface area contributed by atoms with E-state index in [4.69, 9.17) is 10.5 Å². The number of rotatable bonds is 6. The van der Waals surface area contributed by atoms with E-state index in [0.29, 0.717) is 18.1 Å². The van der Waals surface area contributed by atoms with E-state index in [0.717, 1.165) is 17.9 Å². The summed E-state index contributed by atoms with van der Waals surface area (Å²) in [6.45, 7) is 6.91. The van der Waals surface area contributed by atoms with Crippen LogP contribution < -0.4 is 10.2 Å². The molecule has 0 spiro atoms. The van der Waals surface area contributed by atoms with Crippen molar-refractivity contribution in [3.8, 4) is 12.1 Å². The van der Waals surface area contributed by atoms with Crippen LogP contribution in [0.3, 0.4) is 0 Å². The fraction of sp³-hybridized carbons (Fsp3) is 0.538. The van der Waals surface area contributed by atoms with Gasteiger partial charge in [0.15, 0.2) is 0 Å². The van der Waals surface area contributed by atoms with E-state index in [1.165, 1.54) is 0 Å². The lowest BCUT2D eigenvalue weighted by atomic mass is 10.2. The lowest BCUT2D eigenvalue weighted by Gasteiger charge is -2.21. The molecule has 1 N–H and O–H groups in total. The van der Waals surface area contributed by atoms with Crippen molar-refractivity contribution in [2.75, 3.05) is 29.9 Å². The van der Waals surface area contributed by atoms with Crippen molar-refractivity contribution in [3.63, 3.8) is 0 Å². The highest BCUT2D eigenvalue weighted by molar-refractivity contribution is 5.59. The SMILES string of the molecule is CCNc1nc(CC)nc(N(CC#N)CC#N)c1C. The fourth-order valence-corrected chi connectivity index (χ4v) is 1.73. The molecule has 0 amide bonds. The molecule has 0 saturated carbocycles. The van der Waals surface area contributed by atoms with Crippen LogP contribution in [0.1, 0.15) is 25.2 Å². The second-order valence-corrected chi connectivity index (χ2v) is 3.99. The minimum absolute atomic E-state index is 0.139. The number of nitrogens with zero attached hydrogens (tertiary/aromatic N) is 5. The Morgan fingerprint density at radius 3 is 2.26 bits per heavy atom. The van der Waals surface area contributed by atoms with E-state index in [2.05, 4.69) is 27.4 Å². The maximum atomic E-state index is 8.85. The molecule has 100 valence electrons. The van der Waals surface area contributed by atoms with Gasteiger partial charge < -0.3 is 10.2 Å². The van der Waals surface area contributed by atoms with Crippen molar-refractivity contribution >= 4 is 11.6 Å². The van der Waals surface area contributed by atoms with Crippen molar-refractivity contribution in [1.82, 2.24) is 9.97 Å². The zero-order chi connectivity index (χ0) is 14.3. The summed E-state index contributed by atoms with van der Waals surface area (Å²) < 4.78 is 0. The van der Waals surface area contributed by atoms with Crippen LogP contribution in [0.4, 0.5) is 11.6 Å². The van der Waals surface area contributed by atoms with Gasteiger partial charge in [0.1, 0.15) is 30.5 Å². The summed E-state index contributed by atoms with van der Waals surface area (Å²) in [4.78, 5) is 10.5. The largest absolute Gasteiger partial charge is 0.370 e. The van der Waals surface area contributed by atoms with Gasteiger partial charge in [0.2, 0.25) is 0 Å². The molecule has 19 heavy (non-hydrogen) atoms. The number of hydrogen-bond acceptors (Lipinski definition) is 6. The predicted octanol–water partition coefficient (Wildman–Crippen LogP) is 1.63. The quantitative estimate of drug-likeness (QED) is 0.780. The molecule has 6 nitrogen and oxygen atoms in total. The molecular formula is C13H18N6. The molecule has 6 heteroatoms. The Hall–Kier alpha value is -2.34. The zero-order valence-corrected chi connectivity index (χ0v) is 11.6. The summed E-state index contributed by atoms with van der Waals surface area (Å²) in [6, 6.07) is 4.12. The highest BCUT2D eigenvalue weighted by Gasteiger charge is 2.15. The molecule has 0 radical (unpaired) electrons. The van der Waals surface area contributed by atoms with E-state index in [9.17, 15) is 0 Å². The molecule has 0 aliphatic rings. The molecule has 1 aromatic rings. The molecule has 1 heterocycles. The molecule has 0 fully saturated rings. The third-order valence-corrected chi connectivity index (χ3v) is 2.65. The molecular weight excluding hydrogens is 240 g/mol. The smallest absolute Gasteiger partial charge is 0.139 e. The van der Waals surface area contributed by atoms with Crippen LogP contribution in [-0.4, -0.2) is 29.6 Å². The van der Waals surface area contributed by atoms with Crippen LogP contribution >= 0.6 is 0 Å². The van der Waals surface area contributed by atoms with Gasteiger partial charge in [-0.2, -0.15) is 10.5 Å². The number of nitrogens with one attached hydrogen (secondary N) is 1. The van der Waals surface area contributed by atoms with E-state index in [-0.39, 0.29) is 13.1 Å². The number of aryl methyl sites for hydroxylation is 1. The zero-order valence-electron chi connectivity index (χ0n) is 11.6. The first-order chi connectivity index (χ1) is 9.17. The summed E-state index contributed by atoms with van der Waals surface area (Å²) in [5.41, 5.74) is 0.865. The predicted molar refractivity (Wildman–Crippen MR) is 73.7 cm³/mol. The van der Waals surface area contributed by atoms with Crippen LogP contribution in [0.25, 0.3) is 0 Å². The number of anilines is 2. The molecule has 1 aromatic heterocycles. The average Bonchev–Trinajstić information content (AvgIpc) is 2.41. The van der Waals surface area contributed by atoms with Gasteiger partial charge in [-0.1, -0.05) is 6.92 Å². The first-order valence-electron chi connectivity index (χ1n) is 6.28. The van der Waals surface area contributed by atoms with Gasteiger partial charge in [-0.25, -0.2) is 9.97 Å². The van der Waals surface area contributed by atoms with Crippen LogP contribution in [0.15, 0.2) is 0 Å². The van der Waals surface area contributed by atoms with Crippen molar-refractivity contribution in [1.29, 1.82) is 10.5 Å². The molecule has 0 unspecified atom stereocenters. The maximum absolute atomic E-state index is 8.85. The van der Waals surface area contributed by atoms with Gasteiger partial charge in [0.25, 0.3) is 0 Å². The van der Waals surface area contributed by atoms with Crippen LogP contribution in [0.5, 0.6) is 0 Å². The van der Waals surface area contributed by atoms with Crippen LogP contribution in [0, 0.1) is 29.6 Å². The van der Waals surface area contributed by atoms with Crippen LogP contribution in [-0.2, 0) is 6.42 Å². The van der Waals surface area contributed by atoms with Gasteiger partial charge in [-0.15, -0.1) is 0 Å². The standard InChI is InChI=1S/C13H18N6/c1-4-11-17-12(16-5-2)10(3)13(18-11)19(8-6-14)9-7-15/h4-5,8-9H2,1-3H3,(H,16,17,18). The highest BCUT2D eigenvalue weighted by Crippen LogP contribution is 2.23. The molecule has 0 bridgehead atoms. The lowest BCUT2D eigenvalue weighted by Crippen LogP contribution is -2.27. The van der Waals surface area contributed by atoms with Gasteiger partial charge in [0.05, 0.1) is 12.1 Å². The maximum Gasteiger partial charge on any atom is 0.139 e. The summed E-state index contributed by atoms with van der Waals surface area (Å²) >= 11 is 0. The van der Waals surface area contributed by atoms with Crippen molar-refractivity contribution in [3.05, 3.63) is 11.4 Å². The minimum Gasteiger partial charge on any atom is -0.370 e. The first-order valence-corrected chi connectivity index (χ1v) is 6.28. The topological polar surface area (TPSA) is 88.6 Å². The second kappa shape index (κ2) is 7.17. The summed E-state index contributed by atoms with van der Waals surface area (Å²) in [5.74, 6) is 2.13. The lowest BCUT2D eigenvalue weighted by molar-refractivity contribution is 0.867. The number of nitriles is 2. The van der Waals surface area contributed by atoms with E-state index in [1.54, 1.807) is 4.90 Å². The Morgan fingerprint density at radius 1 is 1.16 bits per heavy atom.